The van der Waals surface area contributed by atoms with Gasteiger partial charge in [-0.1, -0.05) is 25.1 Å². The summed E-state index contributed by atoms with van der Waals surface area (Å²) in [5, 5.41) is 4.58. The predicted molar refractivity (Wildman–Crippen MR) is 70.4 cm³/mol. The predicted octanol–water partition coefficient (Wildman–Crippen LogP) is 2.36. The van der Waals surface area contributed by atoms with Gasteiger partial charge in [-0.15, -0.1) is 0 Å². The number of pyridine rings is 1. The van der Waals surface area contributed by atoms with Gasteiger partial charge in [0.2, 0.25) is 0 Å². The van der Waals surface area contributed by atoms with E-state index in [4.69, 9.17) is 0 Å². The summed E-state index contributed by atoms with van der Waals surface area (Å²) < 4.78 is 1.69. The first-order chi connectivity index (χ1) is 8.16. The van der Waals surface area contributed by atoms with Crippen molar-refractivity contribution in [1.82, 2.24) is 4.57 Å². The van der Waals surface area contributed by atoms with Crippen molar-refractivity contribution in [3.63, 3.8) is 0 Å². The minimum absolute atomic E-state index is 0.0412. The number of nitrogens with one attached hydrogen (secondary N) is 1. The first-order valence-corrected chi connectivity index (χ1v) is 6.02. The van der Waals surface area contributed by atoms with Crippen molar-refractivity contribution < 1.29 is 0 Å². The summed E-state index contributed by atoms with van der Waals surface area (Å²) in [5.74, 6) is 0.720. The number of aryl methyl sites for hydroxylation is 1. The molecule has 0 amide bonds. The molecular formula is C14H16N2O. The van der Waals surface area contributed by atoms with Gasteiger partial charge in [0, 0.05) is 30.2 Å². The van der Waals surface area contributed by atoms with Crippen LogP contribution in [0.2, 0.25) is 0 Å². The van der Waals surface area contributed by atoms with Gasteiger partial charge in [0.1, 0.15) is 0 Å². The Balaban J connectivity index is 2.17. The molecule has 1 saturated carbocycles. The summed E-state index contributed by atoms with van der Waals surface area (Å²) in [6, 6.07) is 10.3. The van der Waals surface area contributed by atoms with Crippen molar-refractivity contribution in [1.29, 1.82) is 0 Å². The fourth-order valence-electron chi connectivity index (χ4n) is 2.25. The number of nitrogens with zero attached hydrogens (tertiary/aromatic N) is 1. The molecule has 0 radical (unpaired) electrons. The Morgan fingerprint density at radius 3 is 2.76 bits per heavy atom. The van der Waals surface area contributed by atoms with Crippen molar-refractivity contribution in [2.24, 2.45) is 13.0 Å². The summed E-state index contributed by atoms with van der Waals surface area (Å²) in [7, 11) is 1.81. The zero-order chi connectivity index (χ0) is 12.0. The number of aromatic nitrogens is 1. The molecule has 1 aromatic carbocycles. The Morgan fingerprint density at radius 1 is 1.35 bits per heavy atom. The van der Waals surface area contributed by atoms with E-state index in [2.05, 4.69) is 18.3 Å². The minimum atomic E-state index is 0.0412. The Labute approximate surface area is 100 Å². The molecule has 0 aliphatic heterocycles. The van der Waals surface area contributed by atoms with Gasteiger partial charge in [-0.3, -0.25) is 4.79 Å². The zero-order valence-corrected chi connectivity index (χ0v) is 10.1. The molecule has 88 valence electrons. The molecule has 2 aromatic rings. The molecule has 1 heterocycles. The molecule has 0 saturated heterocycles. The lowest BCUT2D eigenvalue weighted by Gasteiger charge is -2.11. The molecule has 3 nitrogen and oxygen atoms in total. The van der Waals surface area contributed by atoms with E-state index in [1.807, 2.05) is 25.2 Å². The third kappa shape index (κ3) is 1.71. The first kappa shape index (κ1) is 10.4. The van der Waals surface area contributed by atoms with E-state index < -0.39 is 0 Å². The van der Waals surface area contributed by atoms with Gasteiger partial charge in [-0.2, -0.15) is 0 Å². The summed E-state index contributed by atoms with van der Waals surface area (Å²) in [6.45, 7) is 2.22. The fourth-order valence-corrected chi connectivity index (χ4v) is 2.25. The molecule has 1 aromatic heterocycles. The minimum Gasteiger partial charge on any atom is -0.381 e. The fraction of sp³-hybridized carbons (Fsp3) is 0.357. The summed E-state index contributed by atoms with van der Waals surface area (Å²) >= 11 is 0. The molecule has 0 bridgehead atoms. The molecule has 1 N–H and O–H groups in total. The highest BCUT2D eigenvalue weighted by Gasteiger charge is 2.32. The number of benzene rings is 1. The van der Waals surface area contributed by atoms with Crippen LogP contribution in [0, 0.1) is 5.92 Å². The lowest BCUT2D eigenvalue weighted by atomic mass is 10.2. The molecule has 17 heavy (non-hydrogen) atoms. The summed E-state index contributed by atoms with van der Waals surface area (Å²) in [6.07, 6.45) is 1.20. The molecule has 1 aliphatic rings. The molecule has 1 fully saturated rings. The van der Waals surface area contributed by atoms with Gasteiger partial charge in [0.05, 0.1) is 5.52 Å². The van der Waals surface area contributed by atoms with Crippen LogP contribution in [0.15, 0.2) is 35.1 Å². The number of fused-ring (bicyclic) bond motifs is 1. The van der Waals surface area contributed by atoms with E-state index in [0.717, 1.165) is 22.5 Å². The van der Waals surface area contributed by atoms with E-state index in [1.165, 1.54) is 6.42 Å². The number of rotatable bonds is 2. The van der Waals surface area contributed by atoms with Gasteiger partial charge in [-0.05, 0) is 18.4 Å². The van der Waals surface area contributed by atoms with Crippen molar-refractivity contribution >= 4 is 16.6 Å². The number of hydrogen-bond donors (Lipinski definition) is 1. The van der Waals surface area contributed by atoms with Crippen LogP contribution in [-0.4, -0.2) is 10.6 Å². The number of anilines is 1. The quantitative estimate of drug-likeness (QED) is 0.856. The molecule has 1 aliphatic carbocycles. The third-order valence-electron chi connectivity index (χ3n) is 3.60. The lowest BCUT2D eigenvalue weighted by molar-refractivity contribution is 0.900. The van der Waals surface area contributed by atoms with Gasteiger partial charge < -0.3 is 9.88 Å². The topological polar surface area (TPSA) is 34.0 Å². The molecule has 3 rings (SSSR count). The maximum absolute atomic E-state index is 11.9. The highest BCUT2D eigenvalue weighted by atomic mass is 16.1. The van der Waals surface area contributed by atoms with Crippen LogP contribution in [-0.2, 0) is 7.05 Å². The van der Waals surface area contributed by atoms with Crippen molar-refractivity contribution in [3.8, 4) is 0 Å². The number of para-hydroxylation sites is 1. The van der Waals surface area contributed by atoms with E-state index in [9.17, 15) is 4.79 Å². The van der Waals surface area contributed by atoms with Crippen molar-refractivity contribution in [3.05, 3.63) is 40.7 Å². The Morgan fingerprint density at radius 2 is 2.06 bits per heavy atom. The Bertz CT molecular complexity index is 630. The molecular weight excluding hydrogens is 212 g/mol. The van der Waals surface area contributed by atoms with E-state index >= 15 is 0 Å². The largest absolute Gasteiger partial charge is 0.381 e. The average Bonchev–Trinajstić information content (AvgIpc) is 3.02. The molecule has 3 heteroatoms. The van der Waals surface area contributed by atoms with Gasteiger partial charge in [0.15, 0.2) is 0 Å². The molecule has 2 atom stereocenters. The SMILES string of the molecule is CC1CC1Nc1cc(=O)n(C)c2ccccc12. The summed E-state index contributed by atoms with van der Waals surface area (Å²) in [5.41, 5.74) is 1.99. The zero-order valence-electron chi connectivity index (χ0n) is 10.1. The maximum Gasteiger partial charge on any atom is 0.252 e. The second-order valence-corrected chi connectivity index (χ2v) is 4.94. The molecule has 2 unspecified atom stereocenters. The van der Waals surface area contributed by atoms with Crippen LogP contribution >= 0.6 is 0 Å². The normalized spacial score (nSPS) is 22.7. The second kappa shape index (κ2) is 3.62. The van der Waals surface area contributed by atoms with Crippen LogP contribution in [0.3, 0.4) is 0 Å². The highest BCUT2D eigenvalue weighted by molar-refractivity contribution is 5.91. The van der Waals surface area contributed by atoms with Crippen LogP contribution in [0.5, 0.6) is 0 Å². The highest BCUT2D eigenvalue weighted by Crippen LogP contribution is 2.34. The standard InChI is InChI=1S/C14H16N2O/c1-9-7-11(9)15-12-8-14(17)16(2)13-6-4-3-5-10(12)13/h3-6,8-9,11,15H,7H2,1-2H3. The van der Waals surface area contributed by atoms with E-state index in [1.54, 1.807) is 10.6 Å². The van der Waals surface area contributed by atoms with Gasteiger partial charge in [0.25, 0.3) is 5.56 Å². The van der Waals surface area contributed by atoms with Crippen LogP contribution in [0.1, 0.15) is 13.3 Å². The first-order valence-electron chi connectivity index (χ1n) is 6.02. The van der Waals surface area contributed by atoms with Gasteiger partial charge >= 0.3 is 0 Å². The van der Waals surface area contributed by atoms with Crippen LogP contribution in [0.25, 0.3) is 10.9 Å². The van der Waals surface area contributed by atoms with Gasteiger partial charge in [-0.25, -0.2) is 0 Å². The lowest BCUT2D eigenvalue weighted by Crippen LogP contribution is -2.18. The average molecular weight is 228 g/mol. The van der Waals surface area contributed by atoms with E-state index in [-0.39, 0.29) is 5.56 Å². The van der Waals surface area contributed by atoms with Crippen LogP contribution in [0.4, 0.5) is 5.69 Å². The second-order valence-electron chi connectivity index (χ2n) is 4.94. The smallest absolute Gasteiger partial charge is 0.252 e. The Kier molecular flexibility index (Phi) is 2.21. The van der Waals surface area contributed by atoms with Crippen molar-refractivity contribution in [2.75, 3.05) is 5.32 Å². The monoisotopic (exact) mass is 228 g/mol. The van der Waals surface area contributed by atoms with E-state index in [0.29, 0.717) is 6.04 Å². The maximum atomic E-state index is 11.9. The van der Waals surface area contributed by atoms with Crippen LogP contribution < -0.4 is 10.9 Å². The summed E-state index contributed by atoms with van der Waals surface area (Å²) in [4.78, 5) is 11.9. The molecule has 0 spiro atoms. The number of hydrogen-bond acceptors (Lipinski definition) is 2. The third-order valence-corrected chi connectivity index (χ3v) is 3.60. The Hall–Kier alpha value is -1.77. The van der Waals surface area contributed by atoms with Crippen molar-refractivity contribution in [2.45, 2.75) is 19.4 Å².